The van der Waals surface area contributed by atoms with Crippen molar-refractivity contribution in [3.05, 3.63) is 72.4 Å². The Balaban J connectivity index is 0.767. The molecule has 4 aliphatic heterocycles. The Morgan fingerprint density at radius 3 is 1.58 bits per heavy atom. The summed E-state index contributed by atoms with van der Waals surface area (Å²) in [6.07, 6.45) is 5.29. The highest BCUT2D eigenvalue weighted by atomic mass is 16.5. The van der Waals surface area contributed by atoms with Gasteiger partial charge in [-0.15, -0.1) is 0 Å². The molecule has 12 rings (SSSR count). The van der Waals surface area contributed by atoms with Gasteiger partial charge in [0.05, 0.1) is 57.1 Å². The molecule has 0 bridgehead atoms. The number of nitrogens with zero attached hydrogens (tertiary/aromatic N) is 6. The highest BCUT2D eigenvalue weighted by Gasteiger charge is 2.58. The Morgan fingerprint density at radius 1 is 0.591 bits per heavy atom. The number of amides is 4. The lowest BCUT2D eigenvalue weighted by Gasteiger charge is -2.35. The summed E-state index contributed by atoms with van der Waals surface area (Å²) >= 11 is 0. The third-order valence-corrected chi connectivity index (χ3v) is 15.1. The van der Waals surface area contributed by atoms with Gasteiger partial charge in [-0.05, 0) is 123 Å². The predicted molar refractivity (Wildman–Crippen MR) is 239 cm³/mol. The fourth-order valence-electron chi connectivity index (χ4n) is 11.5. The zero-order valence-electron chi connectivity index (χ0n) is 36.1. The second-order valence-corrected chi connectivity index (χ2v) is 19.0. The average Bonchev–Trinajstić information content (AvgIpc) is 3.99. The van der Waals surface area contributed by atoms with Crippen molar-refractivity contribution in [2.75, 3.05) is 26.4 Å². The van der Waals surface area contributed by atoms with Crippen molar-refractivity contribution >= 4 is 57.1 Å². The molecular formula is C48H50N10O8. The molecule has 8 atom stereocenters. The van der Waals surface area contributed by atoms with E-state index in [1.54, 1.807) is 6.20 Å². The number of fused-ring (bicyclic) bond motifs is 5. The highest BCUT2D eigenvalue weighted by molar-refractivity contribution is 5.90. The van der Waals surface area contributed by atoms with E-state index in [2.05, 4.69) is 26.7 Å². The summed E-state index contributed by atoms with van der Waals surface area (Å²) < 4.78 is 11.0. The summed E-state index contributed by atoms with van der Waals surface area (Å²) in [6.45, 7) is 2.04. The van der Waals surface area contributed by atoms with Crippen molar-refractivity contribution in [1.29, 1.82) is 0 Å². The van der Waals surface area contributed by atoms with E-state index in [-0.39, 0.29) is 47.8 Å². The first-order valence-corrected chi connectivity index (χ1v) is 23.2. The SMILES string of the molecule is O=C(O)N[C@@H](C(=O)N1C2C[C@@H]2C[C@H]1c1nc2ccc(-c3ccc4nc(-c5ccc6nc([C@@H]7C[C@H]8CC8N7C(=O)[C@H](NC(=O)O)C7CCOCC7)[nH]c6c5)cnc4c3)cc2[nH]1)C1CCOCC1. The third kappa shape index (κ3) is 7.35. The average molecular weight is 895 g/mol. The van der Waals surface area contributed by atoms with Crippen molar-refractivity contribution < 1.29 is 38.9 Å². The Labute approximate surface area is 377 Å². The molecule has 4 saturated heterocycles. The van der Waals surface area contributed by atoms with Gasteiger partial charge in [-0.1, -0.05) is 18.2 Å². The van der Waals surface area contributed by atoms with Gasteiger partial charge in [-0.2, -0.15) is 0 Å². The number of nitrogens with one attached hydrogen (secondary N) is 4. The van der Waals surface area contributed by atoms with Crippen LogP contribution < -0.4 is 10.6 Å². The van der Waals surface area contributed by atoms with Gasteiger partial charge in [0.15, 0.2) is 0 Å². The number of aromatic nitrogens is 6. The van der Waals surface area contributed by atoms with Gasteiger partial charge in [0.25, 0.3) is 0 Å². The Kier molecular flexibility index (Phi) is 9.92. The van der Waals surface area contributed by atoms with Crippen LogP contribution in [0.25, 0.3) is 55.5 Å². The van der Waals surface area contributed by atoms with Gasteiger partial charge in [-0.25, -0.2) is 24.5 Å². The molecule has 18 heteroatoms. The maximum absolute atomic E-state index is 14.2. The van der Waals surface area contributed by atoms with Gasteiger partial charge in [0, 0.05) is 44.1 Å². The molecule has 4 amide bonds. The standard InChI is InChI=1S/C48H50N10O8/c59-45(41(55-47(61)62)23-7-11-65-12-8-23)57-37-18-28(37)20-39(57)43-51-31-5-2-26(16-34(31)53-43)25-1-4-30-33(15-25)49-22-36(50-30)27-3-6-32-35(17-27)54-44(52-32)40-21-29-19-38(29)58(40)46(60)42(56-48(63)64)24-9-13-66-14-10-24/h1-6,15-17,22-24,28-29,37-42,55-56H,7-14,18-21H2,(H,51,53)(H,52,54)(H,61,62)(H,63,64)/t28-,29-,37?,38?,39+,40+,41-,42-/m1/s1. The first kappa shape index (κ1) is 40.8. The third-order valence-electron chi connectivity index (χ3n) is 15.1. The van der Waals surface area contributed by atoms with Crippen molar-refractivity contribution in [2.45, 2.75) is 87.6 Å². The minimum Gasteiger partial charge on any atom is -0.465 e. The van der Waals surface area contributed by atoms with Crippen LogP contribution in [-0.4, -0.2) is 125 Å². The van der Waals surface area contributed by atoms with Crippen LogP contribution in [0.5, 0.6) is 0 Å². The van der Waals surface area contributed by atoms with E-state index in [0.29, 0.717) is 81.3 Å². The number of likely N-dealkylation sites (tertiary alicyclic amines) is 2. The van der Waals surface area contributed by atoms with E-state index in [0.717, 1.165) is 75.5 Å². The number of carbonyl (C=O) groups is 4. The molecule has 6 fully saturated rings. The zero-order chi connectivity index (χ0) is 44.8. The molecule has 340 valence electrons. The lowest BCUT2D eigenvalue weighted by Crippen LogP contribution is -2.53. The molecule has 7 heterocycles. The highest BCUT2D eigenvalue weighted by Crippen LogP contribution is 2.55. The lowest BCUT2D eigenvalue weighted by molar-refractivity contribution is -0.138. The van der Waals surface area contributed by atoms with Crippen molar-refractivity contribution in [3.63, 3.8) is 0 Å². The molecule has 6 aromatic rings. The number of carbonyl (C=O) groups excluding carboxylic acids is 2. The number of hydrogen-bond acceptors (Lipinski definition) is 10. The number of ether oxygens (including phenoxy) is 2. The number of hydrogen-bond donors (Lipinski definition) is 6. The fourth-order valence-corrected chi connectivity index (χ4v) is 11.5. The van der Waals surface area contributed by atoms with E-state index < -0.39 is 24.3 Å². The minimum atomic E-state index is -1.20. The number of carboxylic acid groups (broad SMARTS) is 2. The summed E-state index contributed by atoms with van der Waals surface area (Å²) in [6, 6.07) is 16.0. The van der Waals surface area contributed by atoms with Crippen LogP contribution in [0.1, 0.15) is 75.1 Å². The van der Waals surface area contributed by atoms with Gasteiger partial charge in [0.2, 0.25) is 11.8 Å². The van der Waals surface area contributed by atoms with Crippen LogP contribution >= 0.6 is 0 Å². The molecule has 6 aliphatic rings. The Hall–Kier alpha value is -6.66. The van der Waals surface area contributed by atoms with Crippen molar-refractivity contribution in [3.8, 4) is 22.4 Å². The van der Waals surface area contributed by atoms with Crippen molar-refractivity contribution in [1.82, 2.24) is 50.3 Å². The van der Waals surface area contributed by atoms with E-state index in [1.807, 2.05) is 58.3 Å². The number of benzene rings is 3. The lowest BCUT2D eigenvalue weighted by atomic mass is 9.90. The maximum atomic E-state index is 14.2. The monoisotopic (exact) mass is 894 g/mol. The number of H-pyrrole nitrogens is 2. The molecule has 2 aliphatic carbocycles. The zero-order valence-corrected chi connectivity index (χ0v) is 36.1. The van der Waals surface area contributed by atoms with Crippen LogP contribution in [0.2, 0.25) is 0 Å². The largest absolute Gasteiger partial charge is 0.465 e. The molecule has 2 unspecified atom stereocenters. The summed E-state index contributed by atoms with van der Waals surface area (Å²) in [7, 11) is 0. The van der Waals surface area contributed by atoms with E-state index in [9.17, 15) is 29.4 Å². The summed E-state index contributed by atoms with van der Waals surface area (Å²) in [5.41, 5.74) is 8.18. The molecule has 3 aromatic carbocycles. The maximum Gasteiger partial charge on any atom is 0.405 e. The van der Waals surface area contributed by atoms with Crippen LogP contribution in [0.15, 0.2) is 60.8 Å². The molecule has 66 heavy (non-hydrogen) atoms. The summed E-state index contributed by atoms with van der Waals surface area (Å²) in [4.78, 5) is 82.5. The second kappa shape index (κ2) is 16.0. The first-order chi connectivity index (χ1) is 32.1. The van der Waals surface area contributed by atoms with E-state index in [4.69, 9.17) is 29.4 Å². The van der Waals surface area contributed by atoms with Crippen LogP contribution in [0.3, 0.4) is 0 Å². The molecule has 18 nitrogen and oxygen atoms in total. The van der Waals surface area contributed by atoms with E-state index >= 15 is 0 Å². The smallest absolute Gasteiger partial charge is 0.405 e. The van der Waals surface area contributed by atoms with Crippen LogP contribution in [0, 0.1) is 23.7 Å². The van der Waals surface area contributed by atoms with Gasteiger partial charge >= 0.3 is 12.2 Å². The van der Waals surface area contributed by atoms with E-state index in [1.165, 1.54) is 0 Å². The van der Waals surface area contributed by atoms with Gasteiger partial charge in [-0.3, -0.25) is 14.6 Å². The summed E-state index contributed by atoms with van der Waals surface area (Å²) in [5, 5.41) is 24.4. The fraction of sp³-hybridized carbons (Fsp3) is 0.458. The van der Waals surface area contributed by atoms with Gasteiger partial charge < -0.3 is 50.1 Å². The molecular weight excluding hydrogens is 845 g/mol. The van der Waals surface area contributed by atoms with Gasteiger partial charge in [0.1, 0.15) is 23.7 Å². The molecule has 3 aromatic heterocycles. The predicted octanol–water partition coefficient (Wildman–Crippen LogP) is 6.17. The normalized spacial score (nSPS) is 26.0. The van der Waals surface area contributed by atoms with Crippen LogP contribution in [-0.2, 0) is 19.1 Å². The minimum absolute atomic E-state index is 0.0867. The molecule has 6 N–H and O–H groups in total. The first-order valence-electron chi connectivity index (χ1n) is 23.2. The number of imidazole rings is 2. The topological polar surface area (TPSA) is 241 Å². The molecule has 0 radical (unpaired) electrons. The summed E-state index contributed by atoms with van der Waals surface area (Å²) in [5.74, 6) is 1.56. The Morgan fingerprint density at radius 2 is 1.06 bits per heavy atom. The number of rotatable bonds is 10. The van der Waals surface area contributed by atoms with Crippen molar-refractivity contribution in [2.24, 2.45) is 23.7 Å². The number of piperidine rings is 2. The quantitative estimate of drug-likeness (QED) is 0.0906. The number of aromatic amines is 2. The molecule has 0 spiro atoms. The Bertz CT molecular complexity index is 2730. The van der Waals surface area contributed by atoms with Crippen LogP contribution in [0.4, 0.5) is 9.59 Å². The second-order valence-electron chi connectivity index (χ2n) is 19.0. The molecule has 2 saturated carbocycles.